The summed E-state index contributed by atoms with van der Waals surface area (Å²) in [5, 5.41) is 10.4. The van der Waals surface area contributed by atoms with E-state index in [9.17, 15) is 13.6 Å². The van der Waals surface area contributed by atoms with Crippen molar-refractivity contribution < 1.29 is 18.0 Å². The van der Waals surface area contributed by atoms with Crippen LogP contribution in [0.15, 0.2) is 51.8 Å². The quantitative estimate of drug-likeness (QED) is 0.608. The van der Waals surface area contributed by atoms with Gasteiger partial charge in [-0.25, -0.2) is 8.78 Å². The first-order chi connectivity index (χ1) is 12.5. The van der Waals surface area contributed by atoms with Crippen molar-refractivity contribution >= 4 is 35.3 Å². The van der Waals surface area contributed by atoms with Crippen molar-refractivity contribution in [2.24, 2.45) is 0 Å². The summed E-state index contributed by atoms with van der Waals surface area (Å²) in [7, 11) is 0. The first-order valence-electron chi connectivity index (χ1n) is 7.48. The van der Waals surface area contributed by atoms with Crippen molar-refractivity contribution in [1.82, 2.24) is 10.2 Å². The summed E-state index contributed by atoms with van der Waals surface area (Å²) in [5.74, 6) is -1.46. The molecule has 0 spiro atoms. The Morgan fingerprint density at radius 1 is 1.15 bits per heavy atom. The Labute approximate surface area is 156 Å². The van der Waals surface area contributed by atoms with Crippen LogP contribution in [0.4, 0.5) is 14.8 Å². The third kappa shape index (κ3) is 4.80. The number of nitrogens with zero attached hydrogens (tertiary/aromatic N) is 2. The monoisotopic (exact) mass is 395 g/mol. The molecule has 0 saturated carbocycles. The lowest BCUT2D eigenvalue weighted by Crippen LogP contribution is -2.12. The van der Waals surface area contributed by atoms with Gasteiger partial charge < -0.3 is 4.42 Å². The molecule has 0 fully saturated rings. The molecule has 0 radical (unpaired) electrons. The number of carbonyl (C=O) groups excluding carboxylic acids is 1. The summed E-state index contributed by atoms with van der Waals surface area (Å²) in [6, 6.07) is 10.1. The van der Waals surface area contributed by atoms with Gasteiger partial charge in [-0.05, 0) is 36.4 Å². The SMILES string of the molecule is O=C(CCSc1ccc(Cl)cc1)Nc1nnc(-c2ccc(F)cc2F)o1. The van der Waals surface area contributed by atoms with Crippen LogP contribution in [0.3, 0.4) is 0 Å². The Bertz CT molecular complexity index is 919. The Morgan fingerprint density at radius 3 is 2.65 bits per heavy atom. The van der Waals surface area contributed by atoms with Gasteiger partial charge in [0.15, 0.2) is 0 Å². The Kier molecular flexibility index (Phi) is 5.85. The van der Waals surface area contributed by atoms with E-state index in [0.717, 1.165) is 11.0 Å². The lowest BCUT2D eigenvalue weighted by Gasteiger charge is -2.02. The summed E-state index contributed by atoms with van der Waals surface area (Å²) in [6.45, 7) is 0. The van der Waals surface area contributed by atoms with Crippen molar-refractivity contribution in [2.75, 3.05) is 11.1 Å². The van der Waals surface area contributed by atoms with Crippen molar-refractivity contribution in [3.05, 3.63) is 59.1 Å². The van der Waals surface area contributed by atoms with Gasteiger partial charge in [0.05, 0.1) is 5.56 Å². The molecule has 0 aliphatic rings. The topological polar surface area (TPSA) is 68.0 Å². The summed E-state index contributed by atoms with van der Waals surface area (Å²) in [4.78, 5) is 12.9. The number of carbonyl (C=O) groups is 1. The fourth-order valence-electron chi connectivity index (χ4n) is 2.02. The molecule has 5 nitrogen and oxygen atoms in total. The molecule has 0 atom stereocenters. The highest BCUT2D eigenvalue weighted by Gasteiger charge is 2.15. The van der Waals surface area contributed by atoms with Gasteiger partial charge >= 0.3 is 6.01 Å². The van der Waals surface area contributed by atoms with E-state index in [1.165, 1.54) is 17.8 Å². The third-order valence-electron chi connectivity index (χ3n) is 3.24. The molecule has 1 amide bonds. The minimum absolute atomic E-state index is 0.0438. The van der Waals surface area contributed by atoms with Gasteiger partial charge in [-0.3, -0.25) is 10.1 Å². The standard InChI is InChI=1S/C17H12ClF2N3O2S/c18-10-1-4-12(5-2-10)26-8-7-15(24)21-17-23-22-16(25-17)13-6-3-11(19)9-14(13)20/h1-6,9H,7-8H2,(H,21,23,24). The second-order valence-corrected chi connectivity index (χ2v) is 6.74. The average Bonchev–Trinajstić information content (AvgIpc) is 3.04. The summed E-state index contributed by atoms with van der Waals surface area (Å²) in [5.41, 5.74) is -0.0438. The van der Waals surface area contributed by atoms with Crippen molar-refractivity contribution in [1.29, 1.82) is 0 Å². The molecule has 3 rings (SSSR count). The van der Waals surface area contributed by atoms with Crippen molar-refractivity contribution in [3.63, 3.8) is 0 Å². The minimum atomic E-state index is -0.828. The molecule has 9 heteroatoms. The van der Waals surface area contributed by atoms with E-state index in [0.29, 0.717) is 16.8 Å². The van der Waals surface area contributed by atoms with Gasteiger partial charge in [0.25, 0.3) is 5.89 Å². The molecule has 0 saturated heterocycles. The third-order valence-corrected chi connectivity index (χ3v) is 4.51. The predicted molar refractivity (Wildman–Crippen MR) is 95.1 cm³/mol. The molecule has 0 aliphatic heterocycles. The van der Waals surface area contributed by atoms with Crippen LogP contribution in [0, 0.1) is 11.6 Å². The molecule has 0 unspecified atom stereocenters. The number of hydrogen-bond acceptors (Lipinski definition) is 5. The highest BCUT2D eigenvalue weighted by atomic mass is 35.5. The van der Waals surface area contributed by atoms with E-state index in [-0.39, 0.29) is 29.8 Å². The molecular formula is C17H12ClF2N3O2S. The molecule has 1 aromatic heterocycles. The zero-order valence-corrected chi connectivity index (χ0v) is 14.8. The molecule has 26 heavy (non-hydrogen) atoms. The van der Waals surface area contributed by atoms with Gasteiger partial charge in [0.1, 0.15) is 11.6 Å². The molecular weight excluding hydrogens is 384 g/mol. The largest absolute Gasteiger partial charge is 0.403 e. The highest BCUT2D eigenvalue weighted by molar-refractivity contribution is 7.99. The first kappa shape index (κ1) is 18.3. The smallest absolute Gasteiger partial charge is 0.322 e. The van der Waals surface area contributed by atoms with Crippen molar-refractivity contribution in [3.8, 4) is 11.5 Å². The van der Waals surface area contributed by atoms with E-state index in [2.05, 4.69) is 15.5 Å². The second kappa shape index (κ2) is 8.29. The lowest BCUT2D eigenvalue weighted by molar-refractivity contribution is -0.115. The number of amides is 1. The summed E-state index contributed by atoms with van der Waals surface area (Å²) in [6.07, 6.45) is 0.218. The van der Waals surface area contributed by atoms with Crippen LogP contribution in [-0.2, 0) is 4.79 Å². The maximum atomic E-state index is 13.7. The fraction of sp³-hybridized carbons (Fsp3) is 0.118. The zero-order chi connectivity index (χ0) is 18.5. The maximum absolute atomic E-state index is 13.7. The normalized spacial score (nSPS) is 10.7. The Balaban J connectivity index is 1.53. The molecule has 1 heterocycles. The van der Waals surface area contributed by atoms with Crippen LogP contribution in [0.1, 0.15) is 6.42 Å². The van der Waals surface area contributed by atoms with Crippen molar-refractivity contribution in [2.45, 2.75) is 11.3 Å². The first-order valence-corrected chi connectivity index (χ1v) is 8.85. The number of benzene rings is 2. The fourth-order valence-corrected chi connectivity index (χ4v) is 3.00. The molecule has 1 N–H and O–H groups in total. The molecule has 0 aliphatic carbocycles. The van der Waals surface area contributed by atoms with Gasteiger partial charge in [0, 0.05) is 28.2 Å². The number of halogens is 3. The second-order valence-electron chi connectivity index (χ2n) is 5.14. The van der Waals surface area contributed by atoms with Gasteiger partial charge in [0.2, 0.25) is 5.91 Å². The van der Waals surface area contributed by atoms with Gasteiger partial charge in [-0.15, -0.1) is 16.9 Å². The summed E-state index contributed by atoms with van der Waals surface area (Å²) >= 11 is 7.31. The number of rotatable bonds is 6. The van der Waals surface area contributed by atoms with E-state index in [1.807, 2.05) is 12.1 Å². The summed E-state index contributed by atoms with van der Waals surface area (Å²) < 4.78 is 31.8. The Morgan fingerprint density at radius 2 is 1.92 bits per heavy atom. The van der Waals surface area contributed by atoms with Crippen LogP contribution in [-0.4, -0.2) is 21.9 Å². The minimum Gasteiger partial charge on any atom is -0.403 e. The van der Waals surface area contributed by atoms with Crippen LogP contribution < -0.4 is 5.32 Å². The molecule has 134 valence electrons. The number of hydrogen-bond donors (Lipinski definition) is 1. The highest BCUT2D eigenvalue weighted by Crippen LogP contribution is 2.24. The maximum Gasteiger partial charge on any atom is 0.322 e. The number of thioether (sulfide) groups is 1. The number of aromatic nitrogens is 2. The van der Waals surface area contributed by atoms with Crippen LogP contribution in [0.2, 0.25) is 5.02 Å². The molecule has 0 bridgehead atoms. The van der Waals surface area contributed by atoms with Crippen LogP contribution >= 0.6 is 23.4 Å². The molecule has 3 aromatic rings. The number of anilines is 1. The van der Waals surface area contributed by atoms with E-state index < -0.39 is 11.6 Å². The lowest BCUT2D eigenvalue weighted by atomic mass is 10.2. The van der Waals surface area contributed by atoms with Crippen LogP contribution in [0.25, 0.3) is 11.5 Å². The van der Waals surface area contributed by atoms with Crippen LogP contribution in [0.5, 0.6) is 0 Å². The number of nitrogens with one attached hydrogen (secondary N) is 1. The van der Waals surface area contributed by atoms with E-state index in [4.69, 9.17) is 16.0 Å². The predicted octanol–water partition coefficient (Wildman–Crippen LogP) is 4.79. The van der Waals surface area contributed by atoms with E-state index >= 15 is 0 Å². The molecule has 2 aromatic carbocycles. The average molecular weight is 396 g/mol. The van der Waals surface area contributed by atoms with E-state index in [1.54, 1.807) is 12.1 Å². The van der Waals surface area contributed by atoms with Gasteiger partial charge in [-0.2, -0.15) is 0 Å². The zero-order valence-electron chi connectivity index (χ0n) is 13.2. The van der Waals surface area contributed by atoms with Gasteiger partial charge in [-0.1, -0.05) is 16.7 Å². The Hall–Kier alpha value is -2.45.